The van der Waals surface area contributed by atoms with E-state index in [0.717, 1.165) is 10.1 Å². The van der Waals surface area contributed by atoms with Crippen LogP contribution in [-0.4, -0.2) is 52.0 Å². The summed E-state index contributed by atoms with van der Waals surface area (Å²) in [6, 6.07) is 14.8. The fourth-order valence-electron chi connectivity index (χ4n) is 2.31. The normalized spacial score (nSPS) is 12.4. The molecule has 27 heavy (non-hydrogen) atoms. The summed E-state index contributed by atoms with van der Waals surface area (Å²) in [5.41, 5.74) is 0. The lowest BCUT2D eigenvalue weighted by Gasteiger charge is -2.19. The molecule has 146 valence electrons. The lowest BCUT2D eigenvalue weighted by molar-refractivity contribution is -0.121. The molecule has 1 N–H and O–H groups in total. The van der Waals surface area contributed by atoms with Crippen molar-refractivity contribution in [1.82, 2.24) is 9.62 Å². The van der Waals surface area contributed by atoms with E-state index >= 15 is 0 Å². The maximum absolute atomic E-state index is 12.4. The molecule has 0 aliphatic rings. The van der Waals surface area contributed by atoms with Gasteiger partial charge in [-0.15, -0.1) is 0 Å². The topological polar surface area (TPSA) is 84.9 Å². The molecule has 2 aromatic carbocycles. The van der Waals surface area contributed by atoms with Crippen molar-refractivity contribution in [1.29, 1.82) is 0 Å². The molecule has 7 nitrogen and oxygen atoms in total. The first-order valence-corrected chi connectivity index (χ1v) is 9.84. The van der Waals surface area contributed by atoms with E-state index in [1.807, 2.05) is 0 Å². The first kappa shape index (κ1) is 20.7. The Morgan fingerprint density at radius 1 is 1.07 bits per heavy atom. The van der Waals surface area contributed by atoms with Gasteiger partial charge in [-0.05, 0) is 43.3 Å². The van der Waals surface area contributed by atoms with E-state index in [1.54, 1.807) is 56.5 Å². The lowest BCUT2D eigenvalue weighted by atomic mass is 10.3. The fourth-order valence-corrected chi connectivity index (χ4v) is 3.46. The van der Waals surface area contributed by atoms with E-state index in [-0.39, 0.29) is 24.1 Å². The number of hydrogen-bond donors (Lipinski definition) is 1. The number of rotatable bonds is 9. The molecule has 0 saturated heterocycles. The zero-order valence-electron chi connectivity index (χ0n) is 15.6. The van der Waals surface area contributed by atoms with Crippen LogP contribution in [0, 0.1) is 0 Å². The number of carbonyl (C=O) groups is 1. The molecule has 0 saturated carbocycles. The Hall–Kier alpha value is -2.58. The summed E-state index contributed by atoms with van der Waals surface area (Å²) in [6.07, 6.45) is 0. The van der Waals surface area contributed by atoms with Gasteiger partial charge in [-0.1, -0.05) is 18.2 Å². The molecular formula is C19H24N2O5S. The van der Waals surface area contributed by atoms with Gasteiger partial charge in [0.2, 0.25) is 15.9 Å². The molecule has 0 unspecified atom stereocenters. The predicted octanol–water partition coefficient (Wildman–Crippen LogP) is 1.90. The Labute approximate surface area is 160 Å². The molecule has 0 heterocycles. The molecule has 0 fully saturated rings. The van der Waals surface area contributed by atoms with Crippen LogP contribution in [0.3, 0.4) is 0 Å². The van der Waals surface area contributed by atoms with Gasteiger partial charge in [-0.3, -0.25) is 4.79 Å². The highest BCUT2D eigenvalue weighted by atomic mass is 32.2. The van der Waals surface area contributed by atoms with E-state index < -0.39 is 15.9 Å². The minimum absolute atomic E-state index is 0.149. The number of methoxy groups -OCH3 is 1. The van der Waals surface area contributed by atoms with Crippen molar-refractivity contribution in [2.45, 2.75) is 17.9 Å². The Balaban J connectivity index is 1.83. The van der Waals surface area contributed by atoms with Crippen molar-refractivity contribution in [2.24, 2.45) is 0 Å². The average molecular weight is 392 g/mol. The van der Waals surface area contributed by atoms with E-state index in [2.05, 4.69) is 5.32 Å². The summed E-state index contributed by atoms with van der Waals surface area (Å²) in [5, 5.41) is 2.73. The summed E-state index contributed by atoms with van der Waals surface area (Å²) >= 11 is 0. The molecule has 0 spiro atoms. The zero-order valence-corrected chi connectivity index (χ0v) is 16.4. The van der Waals surface area contributed by atoms with Crippen molar-refractivity contribution in [2.75, 3.05) is 27.3 Å². The average Bonchev–Trinajstić information content (AvgIpc) is 2.67. The van der Waals surface area contributed by atoms with Crippen LogP contribution in [0.5, 0.6) is 11.5 Å². The SMILES string of the molecule is COc1ccc(OC[C@@H](C)NC(=O)CN(C)S(=O)(=O)c2ccccc2)cc1. The van der Waals surface area contributed by atoms with Gasteiger partial charge in [0.25, 0.3) is 0 Å². The first-order valence-electron chi connectivity index (χ1n) is 8.40. The number of carbonyl (C=O) groups excluding carboxylic acids is 1. The van der Waals surface area contributed by atoms with Crippen molar-refractivity contribution in [3.8, 4) is 11.5 Å². The number of nitrogens with zero attached hydrogens (tertiary/aromatic N) is 1. The molecular weight excluding hydrogens is 368 g/mol. The summed E-state index contributed by atoms with van der Waals surface area (Å²) in [7, 11) is -0.741. The Kier molecular flexibility index (Phi) is 7.20. The number of amides is 1. The van der Waals surface area contributed by atoms with Gasteiger partial charge in [0.1, 0.15) is 18.1 Å². The highest BCUT2D eigenvalue weighted by Gasteiger charge is 2.23. The standard InChI is InChI=1S/C19H24N2O5S/c1-15(14-26-17-11-9-16(25-3)10-12-17)20-19(22)13-21(2)27(23,24)18-7-5-4-6-8-18/h4-12,15H,13-14H2,1-3H3,(H,20,22)/t15-/m1/s1. The van der Waals surface area contributed by atoms with Crippen molar-refractivity contribution >= 4 is 15.9 Å². The van der Waals surface area contributed by atoms with Gasteiger partial charge in [0.05, 0.1) is 24.6 Å². The van der Waals surface area contributed by atoms with Crippen LogP contribution >= 0.6 is 0 Å². The highest BCUT2D eigenvalue weighted by molar-refractivity contribution is 7.89. The lowest BCUT2D eigenvalue weighted by Crippen LogP contribution is -2.43. The molecule has 1 atom stereocenters. The Morgan fingerprint density at radius 3 is 2.26 bits per heavy atom. The second-order valence-electron chi connectivity index (χ2n) is 6.03. The van der Waals surface area contributed by atoms with Crippen LogP contribution < -0.4 is 14.8 Å². The van der Waals surface area contributed by atoms with Crippen LogP contribution in [0.4, 0.5) is 0 Å². The number of ether oxygens (including phenoxy) is 2. The van der Waals surface area contributed by atoms with Crippen molar-refractivity contribution in [3.63, 3.8) is 0 Å². The second-order valence-corrected chi connectivity index (χ2v) is 8.07. The third kappa shape index (κ3) is 5.97. The number of sulfonamides is 1. The van der Waals surface area contributed by atoms with Crippen LogP contribution in [0.2, 0.25) is 0 Å². The van der Waals surface area contributed by atoms with Gasteiger partial charge in [0.15, 0.2) is 0 Å². The Morgan fingerprint density at radius 2 is 1.67 bits per heavy atom. The largest absolute Gasteiger partial charge is 0.497 e. The maximum atomic E-state index is 12.4. The van der Waals surface area contributed by atoms with E-state index in [4.69, 9.17) is 9.47 Å². The minimum atomic E-state index is -3.70. The first-order chi connectivity index (χ1) is 12.8. The van der Waals surface area contributed by atoms with Gasteiger partial charge in [-0.2, -0.15) is 4.31 Å². The number of hydrogen-bond acceptors (Lipinski definition) is 5. The maximum Gasteiger partial charge on any atom is 0.243 e. The predicted molar refractivity (Wildman–Crippen MR) is 102 cm³/mol. The van der Waals surface area contributed by atoms with Gasteiger partial charge < -0.3 is 14.8 Å². The molecule has 0 aliphatic heterocycles. The number of likely N-dealkylation sites (N-methyl/N-ethyl adjacent to an activating group) is 1. The van der Waals surface area contributed by atoms with Gasteiger partial charge >= 0.3 is 0 Å². The van der Waals surface area contributed by atoms with Crippen LogP contribution in [0.1, 0.15) is 6.92 Å². The van der Waals surface area contributed by atoms with Crippen molar-refractivity contribution in [3.05, 3.63) is 54.6 Å². The van der Waals surface area contributed by atoms with E-state index in [0.29, 0.717) is 5.75 Å². The van der Waals surface area contributed by atoms with E-state index in [1.165, 1.54) is 19.2 Å². The number of benzene rings is 2. The molecule has 0 aliphatic carbocycles. The molecule has 1 amide bonds. The van der Waals surface area contributed by atoms with Crippen LogP contribution in [-0.2, 0) is 14.8 Å². The molecule has 0 bridgehead atoms. The molecule has 2 rings (SSSR count). The second kappa shape index (κ2) is 9.38. The third-order valence-corrected chi connectivity index (χ3v) is 5.60. The third-order valence-electron chi connectivity index (χ3n) is 3.78. The minimum Gasteiger partial charge on any atom is -0.497 e. The zero-order chi connectivity index (χ0) is 19.9. The quantitative estimate of drug-likeness (QED) is 0.705. The summed E-state index contributed by atoms with van der Waals surface area (Å²) in [6.45, 7) is 1.77. The van der Waals surface area contributed by atoms with Gasteiger partial charge in [0, 0.05) is 7.05 Å². The van der Waals surface area contributed by atoms with Gasteiger partial charge in [-0.25, -0.2) is 8.42 Å². The van der Waals surface area contributed by atoms with Crippen LogP contribution in [0.25, 0.3) is 0 Å². The highest BCUT2D eigenvalue weighted by Crippen LogP contribution is 2.17. The van der Waals surface area contributed by atoms with E-state index in [9.17, 15) is 13.2 Å². The summed E-state index contributed by atoms with van der Waals surface area (Å²) in [5.74, 6) is 0.981. The molecule has 2 aromatic rings. The van der Waals surface area contributed by atoms with Crippen LogP contribution in [0.15, 0.2) is 59.5 Å². The summed E-state index contributed by atoms with van der Waals surface area (Å²) in [4.78, 5) is 12.3. The Bertz CT molecular complexity index is 838. The monoisotopic (exact) mass is 392 g/mol. The molecule has 0 radical (unpaired) electrons. The molecule has 0 aromatic heterocycles. The molecule has 8 heteroatoms. The number of nitrogens with one attached hydrogen (secondary N) is 1. The van der Waals surface area contributed by atoms with Crippen molar-refractivity contribution < 1.29 is 22.7 Å². The smallest absolute Gasteiger partial charge is 0.243 e. The summed E-state index contributed by atoms with van der Waals surface area (Å²) < 4.78 is 36.6. The fraction of sp³-hybridized carbons (Fsp3) is 0.316.